The third-order valence-electron chi connectivity index (χ3n) is 3.90. The monoisotopic (exact) mass is 351 g/mol. The van der Waals surface area contributed by atoms with Gasteiger partial charge in [0.25, 0.3) is 0 Å². The van der Waals surface area contributed by atoms with Crippen molar-refractivity contribution in [3.8, 4) is 0 Å². The Hall–Kier alpha value is -2.34. The molecule has 0 spiro atoms. The number of hydrogen-bond donors (Lipinski definition) is 1. The zero-order chi connectivity index (χ0) is 17.1. The molecule has 2 aromatic rings. The Morgan fingerprint density at radius 1 is 1.00 bits per heavy atom. The fourth-order valence-corrected chi connectivity index (χ4v) is 2.88. The molecular formula is C17H16ClF2N3O. The molecule has 0 aromatic heterocycles. The van der Waals surface area contributed by atoms with Crippen molar-refractivity contribution >= 4 is 29.0 Å². The Morgan fingerprint density at radius 3 is 2.25 bits per heavy atom. The molecule has 1 saturated heterocycles. The first-order valence-electron chi connectivity index (χ1n) is 7.55. The van der Waals surface area contributed by atoms with Crippen LogP contribution in [-0.4, -0.2) is 37.1 Å². The fraction of sp³-hybridized carbons (Fsp3) is 0.235. The van der Waals surface area contributed by atoms with E-state index in [1.54, 1.807) is 34.1 Å². The molecule has 0 aliphatic carbocycles. The van der Waals surface area contributed by atoms with Gasteiger partial charge >= 0.3 is 6.03 Å². The molecule has 0 radical (unpaired) electrons. The van der Waals surface area contributed by atoms with Crippen LogP contribution in [0.2, 0.25) is 5.02 Å². The maximum absolute atomic E-state index is 13.8. The summed E-state index contributed by atoms with van der Waals surface area (Å²) in [4.78, 5) is 15.5. The van der Waals surface area contributed by atoms with Crippen molar-refractivity contribution in [3.63, 3.8) is 0 Å². The Morgan fingerprint density at radius 2 is 1.62 bits per heavy atom. The molecule has 2 aromatic carbocycles. The van der Waals surface area contributed by atoms with E-state index in [0.29, 0.717) is 36.9 Å². The second-order valence-electron chi connectivity index (χ2n) is 5.48. The molecule has 3 rings (SSSR count). The molecule has 4 nitrogen and oxygen atoms in total. The standard InChI is InChI=1S/C17H16ClF2N3O/c18-12-3-1-4-13(11-12)21-17(24)23-9-7-22(8-10-23)16-14(19)5-2-6-15(16)20/h1-6,11H,7-10H2,(H,21,24). The average Bonchev–Trinajstić information content (AvgIpc) is 2.55. The molecule has 1 heterocycles. The van der Waals surface area contributed by atoms with Gasteiger partial charge in [-0.3, -0.25) is 0 Å². The number of hydrogen-bond acceptors (Lipinski definition) is 2. The predicted molar refractivity (Wildman–Crippen MR) is 90.6 cm³/mol. The lowest BCUT2D eigenvalue weighted by molar-refractivity contribution is 0.208. The minimum atomic E-state index is -0.591. The van der Waals surface area contributed by atoms with Gasteiger partial charge in [0.15, 0.2) is 0 Å². The molecule has 126 valence electrons. The summed E-state index contributed by atoms with van der Waals surface area (Å²) in [6.07, 6.45) is 0. The van der Waals surface area contributed by atoms with Crippen molar-refractivity contribution < 1.29 is 13.6 Å². The third-order valence-corrected chi connectivity index (χ3v) is 4.13. The zero-order valence-electron chi connectivity index (χ0n) is 12.8. The van der Waals surface area contributed by atoms with E-state index in [-0.39, 0.29) is 11.7 Å². The second-order valence-corrected chi connectivity index (χ2v) is 5.92. The van der Waals surface area contributed by atoms with Crippen LogP contribution in [0.5, 0.6) is 0 Å². The van der Waals surface area contributed by atoms with Gasteiger partial charge in [-0.1, -0.05) is 23.7 Å². The van der Waals surface area contributed by atoms with Gasteiger partial charge in [-0.05, 0) is 30.3 Å². The number of nitrogens with zero attached hydrogens (tertiary/aromatic N) is 2. The van der Waals surface area contributed by atoms with Gasteiger partial charge in [0.2, 0.25) is 0 Å². The maximum atomic E-state index is 13.8. The SMILES string of the molecule is O=C(Nc1cccc(Cl)c1)N1CCN(c2c(F)cccc2F)CC1. The fourth-order valence-electron chi connectivity index (χ4n) is 2.69. The van der Waals surface area contributed by atoms with Crippen LogP contribution in [0.4, 0.5) is 25.0 Å². The summed E-state index contributed by atoms with van der Waals surface area (Å²) >= 11 is 5.89. The molecule has 0 atom stereocenters. The Bertz CT molecular complexity index is 728. The van der Waals surface area contributed by atoms with E-state index in [0.717, 1.165) is 0 Å². The summed E-state index contributed by atoms with van der Waals surface area (Å²) in [6, 6.07) is 10.4. The van der Waals surface area contributed by atoms with Crippen molar-refractivity contribution in [2.45, 2.75) is 0 Å². The first kappa shape index (κ1) is 16.5. The number of rotatable bonds is 2. The van der Waals surface area contributed by atoms with Crippen LogP contribution in [0, 0.1) is 11.6 Å². The third kappa shape index (κ3) is 3.59. The number of para-hydroxylation sites is 1. The van der Waals surface area contributed by atoms with E-state index >= 15 is 0 Å². The van der Waals surface area contributed by atoms with E-state index in [1.807, 2.05) is 0 Å². The summed E-state index contributed by atoms with van der Waals surface area (Å²) in [6.45, 7) is 1.47. The lowest BCUT2D eigenvalue weighted by Crippen LogP contribution is -2.50. The highest BCUT2D eigenvalue weighted by molar-refractivity contribution is 6.30. The maximum Gasteiger partial charge on any atom is 0.321 e. The van der Waals surface area contributed by atoms with Crippen molar-refractivity contribution in [2.75, 3.05) is 36.4 Å². The second kappa shape index (κ2) is 7.05. The van der Waals surface area contributed by atoms with Crippen molar-refractivity contribution in [2.24, 2.45) is 0 Å². The summed E-state index contributed by atoms with van der Waals surface area (Å²) in [5, 5.41) is 3.30. The van der Waals surface area contributed by atoms with Crippen LogP contribution in [0.1, 0.15) is 0 Å². The molecule has 0 unspecified atom stereocenters. The highest BCUT2D eigenvalue weighted by Gasteiger charge is 2.24. The summed E-state index contributed by atoms with van der Waals surface area (Å²) in [5.41, 5.74) is 0.572. The van der Waals surface area contributed by atoms with Gasteiger partial charge in [-0.15, -0.1) is 0 Å². The number of piperazine rings is 1. The average molecular weight is 352 g/mol. The van der Waals surface area contributed by atoms with E-state index in [2.05, 4.69) is 5.32 Å². The Labute approximate surface area is 143 Å². The molecule has 1 aliphatic rings. The molecule has 1 aliphatic heterocycles. The van der Waals surface area contributed by atoms with Gasteiger partial charge in [-0.2, -0.15) is 0 Å². The lowest BCUT2D eigenvalue weighted by Gasteiger charge is -2.36. The van der Waals surface area contributed by atoms with E-state index < -0.39 is 11.6 Å². The predicted octanol–water partition coefficient (Wildman–Crippen LogP) is 3.97. The number of halogens is 3. The van der Waals surface area contributed by atoms with Gasteiger partial charge < -0.3 is 15.1 Å². The van der Waals surface area contributed by atoms with E-state index in [9.17, 15) is 13.6 Å². The van der Waals surface area contributed by atoms with Gasteiger partial charge in [0.05, 0.1) is 0 Å². The summed E-state index contributed by atoms with van der Waals surface area (Å²) in [7, 11) is 0. The molecular weight excluding hydrogens is 336 g/mol. The Balaban J connectivity index is 1.61. The van der Waals surface area contributed by atoms with Crippen LogP contribution < -0.4 is 10.2 Å². The quantitative estimate of drug-likeness (QED) is 0.888. The zero-order valence-corrected chi connectivity index (χ0v) is 13.6. The molecule has 7 heteroatoms. The largest absolute Gasteiger partial charge is 0.363 e. The molecule has 1 fully saturated rings. The first-order valence-corrected chi connectivity index (χ1v) is 7.93. The highest BCUT2D eigenvalue weighted by atomic mass is 35.5. The van der Waals surface area contributed by atoms with Gasteiger partial charge in [0, 0.05) is 36.9 Å². The summed E-state index contributed by atoms with van der Waals surface area (Å²) < 4.78 is 27.7. The van der Waals surface area contributed by atoms with Gasteiger partial charge in [0.1, 0.15) is 17.3 Å². The molecule has 0 bridgehead atoms. The summed E-state index contributed by atoms with van der Waals surface area (Å²) in [5.74, 6) is -1.18. The topological polar surface area (TPSA) is 35.6 Å². The van der Waals surface area contributed by atoms with Crippen LogP contribution in [-0.2, 0) is 0 Å². The number of nitrogens with one attached hydrogen (secondary N) is 1. The van der Waals surface area contributed by atoms with Crippen molar-refractivity contribution in [1.82, 2.24) is 4.90 Å². The van der Waals surface area contributed by atoms with E-state index in [4.69, 9.17) is 11.6 Å². The molecule has 2 amide bonds. The van der Waals surface area contributed by atoms with Gasteiger partial charge in [-0.25, -0.2) is 13.6 Å². The number of benzene rings is 2. The van der Waals surface area contributed by atoms with Crippen LogP contribution in [0.25, 0.3) is 0 Å². The highest BCUT2D eigenvalue weighted by Crippen LogP contribution is 2.24. The first-order chi connectivity index (χ1) is 11.5. The minimum absolute atomic E-state index is 0.0348. The minimum Gasteiger partial charge on any atom is -0.363 e. The molecule has 0 saturated carbocycles. The van der Waals surface area contributed by atoms with Crippen molar-refractivity contribution in [1.29, 1.82) is 0 Å². The molecule has 24 heavy (non-hydrogen) atoms. The number of carbonyl (C=O) groups excluding carboxylic acids is 1. The number of carbonyl (C=O) groups is 1. The normalized spacial score (nSPS) is 14.6. The van der Waals surface area contributed by atoms with Crippen molar-refractivity contribution in [3.05, 3.63) is 59.1 Å². The Kier molecular flexibility index (Phi) is 4.85. The number of anilines is 2. The smallest absolute Gasteiger partial charge is 0.321 e. The van der Waals surface area contributed by atoms with Crippen LogP contribution in [0.3, 0.4) is 0 Å². The molecule has 1 N–H and O–H groups in total. The van der Waals surface area contributed by atoms with Crippen LogP contribution in [0.15, 0.2) is 42.5 Å². The van der Waals surface area contributed by atoms with E-state index in [1.165, 1.54) is 18.2 Å². The lowest BCUT2D eigenvalue weighted by atomic mass is 10.2. The number of urea groups is 1. The van der Waals surface area contributed by atoms with Crippen LogP contribution >= 0.6 is 11.6 Å². The number of amides is 2.